The Hall–Kier alpha value is -4.02. The number of benzene rings is 1. The molecule has 6 N–H and O–H groups in total. The van der Waals surface area contributed by atoms with Gasteiger partial charge in [0, 0.05) is 36.1 Å². The molecule has 0 spiro atoms. The van der Waals surface area contributed by atoms with Crippen LogP contribution >= 0.6 is 0 Å². The molecule has 4 aromatic rings. The highest BCUT2D eigenvalue weighted by atomic mass is 16.5. The van der Waals surface area contributed by atoms with Crippen LogP contribution in [0.3, 0.4) is 0 Å². The predicted molar refractivity (Wildman–Crippen MR) is 127 cm³/mol. The highest BCUT2D eigenvalue weighted by Crippen LogP contribution is 2.22. The monoisotopic (exact) mass is 444 g/mol. The van der Waals surface area contributed by atoms with Crippen molar-refractivity contribution in [3.8, 4) is 0 Å². The number of hydrogen-bond donors (Lipinski definition) is 5. The number of nitrogen functional groups attached to an aromatic ring is 1. The van der Waals surface area contributed by atoms with Gasteiger partial charge in [-0.25, -0.2) is 15.0 Å². The number of aliphatic hydroxyl groups is 1. The van der Waals surface area contributed by atoms with Gasteiger partial charge in [0.15, 0.2) is 17.5 Å². The number of rotatable bonds is 7. The summed E-state index contributed by atoms with van der Waals surface area (Å²) >= 11 is 0. The first-order valence-corrected chi connectivity index (χ1v) is 10.6. The van der Waals surface area contributed by atoms with E-state index in [0.717, 1.165) is 22.2 Å². The second-order valence-electron chi connectivity index (χ2n) is 7.78. The molecule has 10 heteroatoms. The molecule has 0 radical (unpaired) electrons. The van der Waals surface area contributed by atoms with Crippen LogP contribution in [0.2, 0.25) is 0 Å². The zero-order valence-electron chi connectivity index (χ0n) is 17.8. The molecule has 0 bridgehead atoms. The first-order valence-electron chi connectivity index (χ1n) is 10.6. The average molecular weight is 444 g/mol. The molecular formula is C23H24N8O2. The Morgan fingerprint density at radius 3 is 2.85 bits per heavy atom. The van der Waals surface area contributed by atoms with E-state index in [1.165, 1.54) is 0 Å². The Morgan fingerprint density at radius 1 is 1.03 bits per heavy atom. The molecule has 1 saturated heterocycles. The zero-order valence-corrected chi connectivity index (χ0v) is 17.8. The number of nitrogens with two attached hydrogens (primary N) is 1. The smallest absolute Gasteiger partial charge is 0.171 e. The van der Waals surface area contributed by atoms with Gasteiger partial charge in [-0.2, -0.15) is 0 Å². The highest BCUT2D eigenvalue weighted by Gasteiger charge is 2.25. The molecule has 10 nitrogen and oxygen atoms in total. The number of nitrogens with one attached hydrogen (secondary N) is 3. The van der Waals surface area contributed by atoms with Crippen molar-refractivity contribution in [3.05, 3.63) is 66.6 Å². The van der Waals surface area contributed by atoms with Crippen LogP contribution in [0.1, 0.15) is 5.56 Å². The number of anilines is 5. The fourth-order valence-corrected chi connectivity index (χ4v) is 3.62. The summed E-state index contributed by atoms with van der Waals surface area (Å²) in [4.78, 5) is 17.5. The second kappa shape index (κ2) is 9.23. The number of hydrogen-bond acceptors (Lipinski definition) is 10. The zero-order chi connectivity index (χ0) is 22.6. The van der Waals surface area contributed by atoms with E-state index in [4.69, 9.17) is 10.5 Å². The maximum Gasteiger partial charge on any atom is 0.171 e. The van der Waals surface area contributed by atoms with Gasteiger partial charge in [0.05, 0.1) is 37.1 Å². The molecule has 33 heavy (non-hydrogen) atoms. The maximum atomic E-state index is 9.94. The normalized spacial score (nSPS) is 17.7. The quantitative estimate of drug-likeness (QED) is 0.288. The summed E-state index contributed by atoms with van der Waals surface area (Å²) in [6.45, 7) is 1.33. The van der Waals surface area contributed by atoms with Gasteiger partial charge in [-0.05, 0) is 29.8 Å². The van der Waals surface area contributed by atoms with Gasteiger partial charge in [0.2, 0.25) is 0 Å². The van der Waals surface area contributed by atoms with E-state index in [1.807, 2.05) is 36.4 Å². The van der Waals surface area contributed by atoms with Crippen LogP contribution in [0.15, 0.2) is 61.1 Å². The van der Waals surface area contributed by atoms with Gasteiger partial charge >= 0.3 is 0 Å². The minimum absolute atomic E-state index is 0.154. The molecule has 4 heterocycles. The van der Waals surface area contributed by atoms with Crippen molar-refractivity contribution in [3.63, 3.8) is 0 Å². The molecule has 0 amide bonds. The summed E-state index contributed by atoms with van der Waals surface area (Å²) in [6, 6.07) is 13.5. The van der Waals surface area contributed by atoms with Gasteiger partial charge in [-0.15, -0.1) is 0 Å². The molecule has 1 aromatic carbocycles. The lowest BCUT2D eigenvalue weighted by Crippen LogP contribution is -2.31. The van der Waals surface area contributed by atoms with Crippen LogP contribution in [0.5, 0.6) is 0 Å². The van der Waals surface area contributed by atoms with E-state index in [0.29, 0.717) is 43.0 Å². The first-order chi connectivity index (χ1) is 16.1. The summed E-state index contributed by atoms with van der Waals surface area (Å²) in [5.74, 6) is 1.87. The summed E-state index contributed by atoms with van der Waals surface area (Å²) in [5, 5.41) is 20.7. The Morgan fingerprint density at radius 2 is 1.97 bits per heavy atom. The van der Waals surface area contributed by atoms with Crippen LogP contribution in [0.4, 0.5) is 29.0 Å². The Labute approximate surface area is 190 Å². The Kier molecular flexibility index (Phi) is 5.83. The molecule has 2 atom stereocenters. The fourth-order valence-electron chi connectivity index (χ4n) is 3.62. The van der Waals surface area contributed by atoms with Gasteiger partial charge in [0.25, 0.3) is 0 Å². The largest absolute Gasteiger partial charge is 0.388 e. The number of fused-ring (bicyclic) bond motifs is 1. The first kappa shape index (κ1) is 20.9. The summed E-state index contributed by atoms with van der Waals surface area (Å²) in [7, 11) is 0. The lowest BCUT2D eigenvalue weighted by molar-refractivity contribution is 0.125. The van der Waals surface area contributed by atoms with E-state index in [2.05, 4.69) is 42.0 Å². The molecular weight excluding hydrogens is 420 g/mol. The molecule has 1 aliphatic heterocycles. The highest BCUT2D eigenvalue weighted by molar-refractivity contribution is 5.79. The van der Waals surface area contributed by atoms with Gasteiger partial charge in [0.1, 0.15) is 5.82 Å². The fraction of sp³-hybridized carbons (Fsp3) is 0.217. The number of aliphatic hydroxyl groups excluding tert-OH is 1. The molecule has 3 aromatic heterocycles. The second-order valence-corrected chi connectivity index (χ2v) is 7.78. The maximum absolute atomic E-state index is 9.94. The standard InChI is InChI=1S/C23H24N8O2/c24-22-23(28-10-14-3-4-17-15(8-14)2-1-6-25-17)31-21(11-27-22)30-20-9-16(5-7-26-20)29-18-12-33-13-19(18)32/h1-9,11,18-19,32H,10,12-13H2,(H2,24,27)(H3,26,28,29,30,31). The van der Waals surface area contributed by atoms with Crippen molar-refractivity contribution in [2.24, 2.45) is 0 Å². The minimum atomic E-state index is -0.537. The molecule has 2 unspecified atom stereocenters. The molecule has 5 rings (SSSR count). The van der Waals surface area contributed by atoms with E-state index in [1.54, 1.807) is 18.6 Å². The van der Waals surface area contributed by atoms with E-state index in [9.17, 15) is 5.11 Å². The number of pyridine rings is 2. The lowest BCUT2D eigenvalue weighted by Gasteiger charge is -2.16. The summed E-state index contributed by atoms with van der Waals surface area (Å²) < 4.78 is 5.28. The Balaban J connectivity index is 1.27. The van der Waals surface area contributed by atoms with E-state index >= 15 is 0 Å². The van der Waals surface area contributed by atoms with Crippen molar-refractivity contribution in [1.82, 2.24) is 19.9 Å². The third-order valence-electron chi connectivity index (χ3n) is 5.35. The van der Waals surface area contributed by atoms with Gasteiger partial charge < -0.3 is 31.5 Å². The third-order valence-corrected chi connectivity index (χ3v) is 5.35. The molecule has 0 saturated carbocycles. The van der Waals surface area contributed by atoms with Crippen molar-refractivity contribution in [1.29, 1.82) is 0 Å². The van der Waals surface area contributed by atoms with Crippen LogP contribution < -0.4 is 21.7 Å². The average Bonchev–Trinajstić information content (AvgIpc) is 3.23. The van der Waals surface area contributed by atoms with Crippen molar-refractivity contribution >= 4 is 39.9 Å². The summed E-state index contributed by atoms with van der Waals surface area (Å²) in [6.07, 6.45) is 4.47. The summed E-state index contributed by atoms with van der Waals surface area (Å²) in [5.41, 5.74) is 8.87. The van der Waals surface area contributed by atoms with Crippen molar-refractivity contribution < 1.29 is 9.84 Å². The van der Waals surface area contributed by atoms with Crippen LogP contribution in [0.25, 0.3) is 10.9 Å². The van der Waals surface area contributed by atoms with Crippen molar-refractivity contribution in [2.45, 2.75) is 18.7 Å². The van der Waals surface area contributed by atoms with Crippen LogP contribution in [-0.4, -0.2) is 50.4 Å². The van der Waals surface area contributed by atoms with Crippen LogP contribution in [-0.2, 0) is 11.3 Å². The van der Waals surface area contributed by atoms with Gasteiger partial charge in [-0.3, -0.25) is 4.98 Å². The van der Waals surface area contributed by atoms with E-state index < -0.39 is 6.10 Å². The minimum Gasteiger partial charge on any atom is -0.388 e. The number of ether oxygens (including phenoxy) is 1. The van der Waals surface area contributed by atoms with E-state index in [-0.39, 0.29) is 6.04 Å². The lowest BCUT2D eigenvalue weighted by atomic mass is 10.1. The topological polar surface area (TPSA) is 143 Å². The number of nitrogens with zero attached hydrogens (tertiary/aromatic N) is 4. The van der Waals surface area contributed by atoms with Crippen molar-refractivity contribution in [2.75, 3.05) is 34.9 Å². The molecule has 1 aliphatic rings. The SMILES string of the molecule is Nc1ncc(Nc2cc(NC3COCC3O)ccn2)nc1NCc1ccc2ncccc2c1. The molecule has 1 fully saturated rings. The Bertz CT molecular complexity index is 1270. The molecule has 0 aliphatic carbocycles. The predicted octanol–water partition coefficient (Wildman–Crippen LogP) is 2.53. The third kappa shape index (κ3) is 4.92. The molecule has 168 valence electrons. The number of aromatic nitrogens is 4. The van der Waals surface area contributed by atoms with Crippen LogP contribution in [0, 0.1) is 0 Å². The van der Waals surface area contributed by atoms with Gasteiger partial charge in [-0.1, -0.05) is 12.1 Å².